The van der Waals surface area contributed by atoms with Crippen LogP contribution in [-0.2, 0) is 6.61 Å². The number of rotatable bonds is 3. The molecule has 0 radical (unpaired) electrons. The van der Waals surface area contributed by atoms with E-state index in [4.69, 9.17) is 5.11 Å². The standard InChI is InChI=1S/C11H16O2/c1-3-8(2)9-4-5-11(13)10(6-9)7-12/h4-6,8,12-13H,3,7H2,1-2H3. The Balaban J connectivity index is 2.99. The van der Waals surface area contributed by atoms with Gasteiger partial charge >= 0.3 is 0 Å². The van der Waals surface area contributed by atoms with Crippen molar-refractivity contribution in [3.8, 4) is 5.75 Å². The first kappa shape index (κ1) is 10.1. The van der Waals surface area contributed by atoms with Gasteiger partial charge in [0.1, 0.15) is 5.75 Å². The second kappa shape index (κ2) is 4.28. The summed E-state index contributed by atoms with van der Waals surface area (Å²) in [5.41, 5.74) is 1.78. The normalized spacial score (nSPS) is 12.8. The number of aromatic hydroxyl groups is 1. The van der Waals surface area contributed by atoms with E-state index in [1.54, 1.807) is 6.07 Å². The molecule has 1 aromatic carbocycles. The molecule has 0 fully saturated rings. The van der Waals surface area contributed by atoms with Crippen molar-refractivity contribution in [3.05, 3.63) is 29.3 Å². The third-order valence-electron chi connectivity index (χ3n) is 2.46. The summed E-state index contributed by atoms with van der Waals surface area (Å²) in [6, 6.07) is 5.42. The van der Waals surface area contributed by atoms with Crippen molar-refractivity contribution in [2.24, 2.45) is 0 Å². The van der Waals surface area contributed by atoms with Gasteiger partial charge in [-0.15, -0.1) is 0 Å². The van der Waals surface area contributed by atoms with E-state index in [0.29, 0.717) is 11.5 Å². The fraction of sp³-hybridized carbons (Fsp3) is 0.455. The lowest BCUT2D eigenvalue weighted by atomic mass is 9.97. The summed E-state index contributed by atoms with van der Waals surface area (Å²) in [5, 5.41) is 18.3. The van der Waals surface area contributed by atoms with Crippen LogP contribution >= 0.6 is 0 Å². The number of hydrogen-bond donors (Lipinski definition) is 2. The van der Waals surface area contributed by atoms with Gasteiger partial charge in [0, 0.05) is 5.56 Å². The molecule has 1 rings (SSSR count). The Morgan fingerprint density at radius 3 is 2.62 bits per heavy atom. The molecular formula is C11H16O2. The molecule has 72 valence electrons. The highest BCUT2D eigenvalue weighted by Crippen LogP contribution is 2.24. The summed E-state index contributed by atoms with van der Waals surface area (Å²) in [4.78, 5) is 0. The molecule has 0 saturated carbocycles. The maximum absolute atomic E-state index is 9.33. The van der Waals surface area contributed by atoms with Crippen molar-refractivity contribution in [3.63, 3.8) is 0 Å². The van der Waals surface area contributed by atoms with E-state index in [1.165, 1.54) is 5.56 Å². The second-order valence-corrected chi connectivity index (χ2v) is 3.36. The molecule has 0 aliphatic carbocycles. The van der Waals surface area contributed by atoms with E-state index >= 15 is 0 Å². The molecule has 0 bridgehead atoms. The van der Waals surface area contributed by atoms with Crippen LogP contribution in [0.15, 0.2) is 18.2 Å². The van der Waals surface area contributed by atoms with Crippen molar-refractivity contribution in [1.82, 2.24) is 0 Å². The van der Waals surface area contributed by atoms with Gasteiger partial charge in [-0.2, -0.15) is 0 Å². The minimum atomic E-state index is -0.101. The van der Waals surface area contributed by atoms with E-state index in [2.05, 4.69) is 13.8 Å². The van der Waals surface area contributed by atoms with Crippen LogP contribution < -0.4 is 0 Å². The predicted octanol–water partition coefficient (Wildman–Crippen LogP) is 2.40. The molecule has 0 spiro atoms. The molecule has 1 atom stereocenters. The van der Waals surface area contributed by atoms with Crippen LogP contribution in [0, 0.1) is 0 Å². The van der Waals surface area contributed by atoms with E-state index in [1.807, 2.05) is 12.1 Å². The smallest absolute Gasteiger partial charge is 0.121 e. The zero-order valence-corrected chi connectivity index (χ0v) is 8.12. The maximum Gasteiger partial charge on any atom is 0.121 e. The Kier molecular flexibility index (Phi) is 3.32. The number of hydrogen-bond acceptors (Lipinski definition) is 2. The van der Waals surface area contributed by atoms with Crippen LogP contribution in [0.4, 0.5) is 0 Å². The Morgan fingerprint density at radius 1 is 1.38 bits per heavy atom. The van der Waals surface area contributed by atoms with Crippen LogP contribution in [0.25, 0.3) is 0 Å². The average Bonchev–Trinajstić information content (AvgIpc) is 2.17. The van der Waals surface area contributed by atoms with Gasteiger partial charge in [0.15, 0.2) is 0 Å². The lowest BCUT2D eigenvalue weighted by molar-refractivity contribution is 0.275. The SMILES string of the molecule is CCC(C)c1ccc(O)c(CO)c1. The van der Waals surface area contributed by atoms with Gasteiger partial charge in [-0.05, 0) is 30.0 Å². The van der Waals surface area contributed by atoms with Crippen molar-refractivity contribution in [2.45, 2.75) is 32.8 Å². The zero-order chi connectivity index (χ0) is 9.84. The highest BCUT2D eigenvalue weighted by Gasteiger charge is 2.06. The lowest BCUT2D eigenvalue weighted by Crippen LogP contribution is -1.93. The molecule has 2 heteroatoms. The van der Waals surface area contributed by atoms with Gasteiger partial charge in [-0.3, -0.25) is 0 Å². The molecule has 0 amide bonds. The van der Waals surface area contributed by atoms with Gasteiger partial charge in [-0.25, -0.2) is 0 Å². The molecule has 13 heavy (non-hydrogen) atoms. The van der Waals surface area contributed by atoms with E-state index in [0.717, 1.165) is 6.42 Å². The first-order valence-electron chi connectivity index (χ1n) is 4.61. The molecule has 1 aromatic rings. The quantitative estimate of drug-likeness (QED) is 0.749. The largest absolute Gasteiger partial charge is 0.508 e. The van der Waals surface area contributed by atoms with Crippen LogP contribution in [0.3, 0.4) is 0 Å². The summed E-state index contributed by atoms with van der Waals surface area (Å²) in [6.45, 7) is 4.15. The van der Waals surface area contributed by atoms with E-state index in [-0.39, 0.29) is 12.4 Å². The maximum atomic E-state index is 9.33. The van der Waals surface area contributed by atoms with Crippen molar-refractivity contribution >= 4 is 0 Å². The Bertz CT molecular complexity index is 281. The first-order valence-corrected chi connectivity index (χ1v) is 4.61. The Hall–Kier alpha value is -1.02. The molecule has 2 nitrogen and oxygen atoms in total. The zero-order valence-electron chi connectivity index (χ0n) is 8.12. The summed E-state index contributed by atoms with van der Waals surface area (Å²) < 4.78 is 0. The van der Waals surface area contributed by atoms with Crippen molar-refractivity contribution < 1.29 is 10.2 Å². The summed E-state index contributed by atoms with van der Waals surface area (Å²) in [6.07, 6.45) is 1.07. The molecule has 0 aliphatic heterocycles. The number of benzene rings is 1. The fourth-order valence-corrected chi connectivity index (χ4v) is 1.27. The summed E-state index contributed by atoms with van der Waals surface area (Å²) in [5.74, 6) is 0.653. The minimum Gasteiger partial charge on any atom is -0.508 e. The third-order valence-corrected chi connectivity index (χ3v) is 2.46. The number of aliphatic hydroxyl groups is 1. The van der Waals surface area contributed by atoms with Crippen LogP contribution in [0.1, 0.15) is 37.3 Å². The Labute approximate surface area is 78.8 Å². The number of phenols is 1. The molecule has 0 aliphatic rings. The topological polar surface area (TPSA) is 40.5 Å². The van der Waals surface area contributed by atoms with E-state index < -0.39 is 0 Å². The average molecular weight is 180 g/mol. The van der Waals surface area contributed by atoms with Gasteiger partial charge in [0.05, 0.1) is 6.61 Å². The van der Waals surface area contributed by atoms with Gasteiger partial charge in [-0.1, -0.05) is 19.9 Å². The predicted molar refractivity (Wildman–Crippen MR) is 52.7 cm³/mol. The first-order chi connectivity index (χ1) is 6.19. The fourth-order valence-electron chi connectivity index (χ4n) is 1.27. The summed E-state index contributed by atoms with van der Waals surface area (Å²) in [7, 11) is 0. The van der Waals surface area contributed by atoms with Crippen molar-refractivity contribution in [2.75, 3.05) is 0 Å². The highest BCUT2D eigenvalue weighted by molar-refractivity contribution is 5.36. The van der Waals surface area contributed by atoms with Crippen LogP contribution in [-0.4, -0.2) is 10.2 Å². The molecule has 0 aromatic heterocycles. The molecule has 1 unspecified atom stereocenters. The van der Waals surface area contributed by atoms with Crippen LogP contribution in [0.5, 0.6) is 5.75 Å². The molecule has 0 heterocycles. The highest BCUT2D eigenvalue weighted by atomic mass is 16.3. The summed E-state index contributed by atoms with van der Waals surface area (Å²) >= 11 is 0. The number of aliphatic hydroxyl groups excluding tert-OH is 1. The third kappa shape index (κ3) is 2.22. The van der Waals surface area contributed by atoms with Gasteiger partial charge < -0.3 is 10.2 Å². The Morgan fingerprint density at radius 2 is 2.08 bits per heavy atom. The lowest BCUT2D eigenvalue weighted by Gasteiger charge is -2.10. The van der Waals surface area contributed by atoms with Gasteiger partial charge in [0.25, 0.3) is 0 Å². The molecular weight excluding hydrogens is 164 g/mol. The van der Waals surface area contributed by atoms with Crippen LogP contribution in [0.2, 0.25) is 0 Å². The minimum absolute atomic E-state index is 0.101. The molecule has 2 N–H and O–H groups in total. The van der Waals surface area contributed by atoms with Gasteiger partial charge in [0.2, 0.25) is 0 Å². The second-order valence-electron chi connectivity index (χ2n) is 3.36. The van der Waals surface area contributed by atoms with E-state index in [9.17, 15) is 5.11 Å². The monoisotopic (exact) mass is 180 g/mol. The molecule has 0 saturated heterocycles. The van der Waals surface area contributed by atoms with Crippen molar-refractivity contribution in [1.29, 1.82) is 0 Å².